The molecule has 286 valence electrons. The highest BCUT2D eigenvalue weighted by Crippen LogP contribution is 2.43. The van der Waals surface area contributed by atoms with E-state index in [1.165, 1.54) is 0 Å². The van der Waals surface area contributed by atoms with Crippen molar-refractivity contribution < 1.29 is 8.83 Å². The first kappa shape index (κ1) is 35.8. The molecule has 9 aromatic carbocycles. The third-order valence-corrected chi connectivity index (χ3v) is 11.5. The molecule has 0 spiro atoms. The zero-order chi connectivity index (χ0) is 41.9. The van der Waals surface area contributed by atoms with Gasteiger partial charge in [0, 0.05) is 61.7 Å². The van der Waals surface area contributed by atoms with Gasteiger partial charge in [0.1, 0.15) is 22.3 Å². The summed E-state index contributed by atoms with van der Waals surface area (Å²) in [7, 11) is 0. The van der Waals surface area contributed by atoms with E-state index in [2.05, 4.69) is 101 Å². The molecule has 0 amide bonds. The molecule has 2 aromatic heterocycles. The molecule has 0 bridgehead atoms. The van der Waals surface area contributed by atoms with Crippen LogP contribution in [0.15, 0.2) is 179 Å². The Kier molecular flexibility index (Phi) is 8.19. The molecule has 8 heteroatoms. The van der Waals surface area contributed by atoms with Gasteiger partial charge in [-0.05, 0) is 173 Å². The summed E-state index contributed by atoms with van der Waals surface area (Å²) in [6.07, 6.45) is 0. The Balaban J connectivity index is 0.989. The molecule has 0 aliphatic carbocycles. The Bertz CT molecular complexity index is 3420. The zero-order valence-electron chi connectivity index (χ0n) is 32.7. The molecule has 0 unspecified atom stereocenters. The minimum Gasteiger partial charge on any atom is -0.456 e. The van der Waals surface area contributed by atoms with Gasteiger partial charge in [-0.15, -0.1) is 0 Å². The lowest BCUT2D eigenvalue weighted by molar-refractivity contribution is 0.656. The minimum atomic E-state index is 0.576. The van der Waals surface area contributed by atoms with Crippen LogP contribution >= 0.6 is 0 Å². The van der Waals surface area contributed by atoms with Crippen LogP contribution < -0.4 is 9.80 Å². The number of benzene rings is 9. The predicted molar refractivity (Wildman–Crippen MR) is 244 cm³/mol. The highest BCUT2D eigenvalue weighted by atomic mass is 16.3. The maximum atomic E-state index is 9.43. The van der Waals surface area contributed by atoms with Gasteiger partial charge in [-0.25, -0.2) is 0 Å². The summed E-state index contributed by atoms with van der Waals surface area (Å²) in [5.74, 6) is 0. The standard InChI is InChI=1S/C54H28N6O2/c55-29-33-1-11-41(12-2-33)59(42-13-3-34(30-56)4-14-42)45-19-9-37-23-47-49-27-50-48-24-38-10-20-46(60(43-15-5-35(31-57)6-16-43)44-17-7-36(32-58)8-18-44)22-40(38)26-52(48)62-54(50)28-53(49)61-51(47)25-39(37)21-45/h1-28H. The monoisotopic (exact) mass is 792 g/mol. The maximum Gasteiger partial charge on any atom is 0.139 e. The first-order valence-corrected chi connectivity index (χ1v) is 19.8. The van der Waals surface area contributed by atoms with Crippen LogP contribution in [0.5, 0.6) is 0 Å². The molecule has 0 radical (unpaired) electrons. The average molecular weight is 793 g/mol. The van der Waals surface area contributed by atoms with Gasteiger partial charge in [0.2, 0.25) is 0 Å². The molecule has 11 rings (SSSR count). The Morgan fingerprint density at radius 3 is 0.887 bits per heavy atom. The molecule has 8 nitrogen and oxygen atoms in total. The van der Waals surface area contributed by atoms with Gasteiger partial charge in [0.25, 0.3) is 0 Å². The van der Waals surface area contributed by atoms with Crippen LogP contribution in [0.25, 0.3) is 65.4 Å². The summed E-state index contributed by atoms with van der Waals surface area (Å²) < 4.78 is 13.1. The SMILES string of the molecule is N#Cc1ccc(N(c2ccc(C#N)cc2)c2ccc3cc4c(cc3c2)oc2cc3oc5cc6cc(N(c7ccc(C#N)cc7)c7ccc(C#N)cc7)ccc6cc5c3cc24)cc1. The molecule has 0 atom stereocenters. The van der Waals surface area contributed by atoms with Crippen molar-refractivity contribution >= 4 is 99.5 Å². The lowest BCUT2D eigenvalue weighted by Gasteiger charge is -2.26. The normalized spacial score (nSPS) is 11.2. The van der Waals surface area contributed by atoms with Gasteiger partial charge in [0.05, 0.1) is 46.5 Å². The summed E-state index contributed by atoms with van der Waals surface area (Å²) in [5.41, 5.74) is 10.7. The van der Waals surface area contributed by atoms with Crippen LogP contribution in [-0.4, -0.2) is 0 Å². The predicted octanol–water partition coefficient (Wildman–Crippen LogP) is 14.2. The number of fused-ring (bicyclic) bond motifs is 8. The van der Waals surface area contributed by atoms with Crippen molar-refractivity contribution in [1.82, 2.24) is 0 Å². The van der Waals surface area contributed by atoms with Crippen molar-refractivity contribution in [2.45, 2.75) is 0 Å². The van der Waals surface area contributed by atoms with Crippen molar-refractivity contribution in [3.8, 4) is 24.3 Å². The first-order chi connectivity index (χ1) is 30.5. The van der Waals surface area contributed by atoms with E-state index in [9.17, 15) is 21.0 Å². The number of anilines is 6. The maximum absolute atomic E-state index is 9.43. The third kappa shape index (κ3) is 5.97. The van der Waals surface area contributed by atoms with Crippen molar-refractivity contribution in [2.75, 3.05) is 9.80 Å². The largest absolute Gasteiger partial charge is 0.456 e. The molecule has 0 fully saturated rings. The topological polar surface area (TPSA) is 128 Å². The lowest BCUT2D eigenvalue weighted by Crippen LogP contribution is -2.09. The van der Waals surface area contributed by atoms with Crippen LogP contribution in [0.3, 0.4) is 0 Å². The Morgan fingerprint density at radius 2 is 0.565 bits per heavy atom. The second-order valence-electron chi connectivity index (χ2n) is 15.1. The van der Waals surface area contributed by atoms with Crippen molar-refractivity contribution in [2.24, 2.45) is 0 Å². The van der Waals surface area contributed by atoms with Gasteiger partial charge in [-0.3, -0.25) is 0 Å². The summed E-state index contributed by atoms with van der Waals surface area (Å²) in [6.45, 7) is 0. The second kappa shape index (κ2) is 14.2. The van der Waals surface area contributed by atoms with Gasteiger partial charge in [-0.1, -0.05) is 12.1 Å². The fourth-order valence-corrected chi connectivity index (χ4v) is 8.42. The van der Waals surface area contributed by atoms with Gasteiger partial charge < -0.3 is 18.6 Å². The fourth-order valence-electron chi connectivity index (χ4n) is 8.42. The fraction of sp³-hybridized carbons (Fsp3) is 0. The Morgan fingerprint density at radius 1 is 0.274 bits per heavy atom. The highest BCUT2D eigenvalue weighted by molar-refractivity contribution is 6.18. The van der Waals surface area contributed by atoms with Crippen LogP contribution in [0, 0.1) is 45.3 Å². The van der Waals surface area contributed by atoms with Crippen LogP contribution in [0.2, 0.25) is 0 Å². The number of nitrogens with zero attached hydrogens (tertiary/aromatic N) is 6. The smallest absolute Gasteiger partial charge is 0.139 e. The lowest BCUT2D eigenvalue weighted by atomic mass is 10.0. The molecule has 0 aliphatic rings. The summed E-state index contributed by atoms with van der Waals surface area (Å²) in [6, 6.07) is 63.9. The summed E-state index contributed by atoms with van der Waals surface area (Å²) >= 11 is 0. The summed E-state index contributed by atoms with van der Waals surface area (Å²) in [4.78, 5) is 4.21. The number of hydrogen-bond acceptors (Lipinski definition) is 8. The van der Waals surface area contributed by atoms with E-state index >= 15 is 0 Å². The number of furan rings is 2. The Hall–Kier alpha value is -9.34. The second-order valence-corrected chi connectivity index (χ2v) is 15.1. The van der Waals surface area contributed by atoms with Crippen molar-refractivity contribution in [3.63, 3.8) is 0 Å². The average Bonchev–Trinajstić information content (AvgIpc) is 3.85. The van der Waals surface area contributed by atoms with E-state index in [-0.39, 0.29) is 0 Å². The molecule has 0 saturated carbocycles. The van der Waals surface area contributed by atoms with Crippen LogP contribution in [0.1, 0.15) is 22.3 Å². The van der Waals surface area contributed by atoms with Crippen LogP contribution in [0.4, 0.5) is 34.1 Å². The zero-order valence-corrected chi connectivity index (χ0v) is 32.7. The molecule has 2 heterocycles. The molecule has 0 saturated heterocycles. The van der Waals surface area contributed by atoms with Gasteiger partial charge in [-0.2, -0.15) is 21.0 Å². The molecule has 11 aromatic rings. The third-order valence-electron chi connectivity index (χ3n) is 11.5. The van der Waals surface area contributed by atoms with Crippen molar-refractivity contribution in [3.05, 3.63) is 192 Å². The molecular formula is C54H28N6O2. The molecule has 0 N–H and O–H groups in total. The molecular weight excluding hydrogens is 765 g/mol. The van der Waals surface area contributed by atoms with Gasteiger partial charge in [0.15, 0.2) is 0 Å². The molecule has 62 heavy (non-hydrogen) atoms. The van der Waals surface area contributed by atoms with E-state index < -0.39 is 0 Å². The Labute approximate surface area is 354 Å². The summed E-state index contributed by atoms with van der Waals surface area (Å²) in [5, 5.41) is 45.8. The van der Waals surface area contributed by atoms with Crippen molar-refractivity contribution in [1.29, 1.82) is 21.0 Å². The number of nitriles is 4. The molecule has 0 aliphatic heterocycles. The quantitative estimate of drug-likeness (QED) is 0.163. The first-order valence-electron chi connectivity index (χ1n) is 19.8. The minimum absolute atomic E-state index is 0.576. The van der Waals surface area contributed by atoms with E-state index in [0.29, 0.717) is 22.3 Å². The number of rotatable bonds is 6. The van der Waals surface area contributed by atoms with Gasteiger partial charge >= 0.3 is 0 Å². The van der Waals surface area contributed by atoms with E-state index in [1.54, 1.807) is 48.5 Å². The van der Waals surface area contributed by atoms with Crippen LogP contribution in [-0.2, 0) is 0 Å². The van der Waals surface area contributed by atoms with E-state index in [0.717, 1.165) is 99.5 Å². The highest BCUT2D eigenvalue weighted by Gasteiger charge is 2.19. The number of hydrogen-bond donors (Lipinski definition) is 0. The van der Waals surface area contributed by atoms with E-state index in [1.807, 2.05) is 54.6 Å². The van der Waals surface area contributed by atoms with E-state index in [4.69, 9.17) is 8.83 Å².